The highest BCUT2D eigenvalue weighted by atomic mass is 32.2. The second-order valence-electron chi connectivity index (χ2n) is 7.65. The van der Waals surface area contributed by atoms with Crippen molar-refractivity contribution in [3.8, 4) is 0 Å². The Morgan fingerprint density at radius 2 is 1.85 bits per heavy atom. The lowest BCUT2D eigenvalue weighted by molar-refractivity contribution is 0.176. The number of hydrogen-bond donors (Lipinski definition) is 0. The first-order valence-corrected chi connectivity index (χ1v) is 10.8. The molecule has 7 nitrogen and oxygen atoms in total. The average molecular weight is 393 g/mol. The predicted molar refractivity (Wildman–Crippen MR) is 103 cm³/mol. The first-order chi connectivity index (χ1) is 12.8. The highest BCUT2D eigenvalue weighted by Crippen LogP contribution is 2.22. The van der Waals surface area contributed by atoms with Gasteiger partial charge in [0, 0.05) is 32.6 Å². The molecule has 2 heterocycles. The molecule has 1 aromatic heterocycles. The minimum absolute atomic E-state index is 0.401. The Morgan fingerprint density at radius 3 is 2.48 bits per heavy atom. The minimum Gasteiger partial charge on any atom is -0.339 e. The van der Waals surface area contributed by atoms with Crippen molar-refractivity contribution in [1.29, 1.82) is 0 Å². The van der Waals surface area contributed by atoms with Crippen LogP contribution in [0.3, 0.4) is 0 Å². The monoisotopic (exact) mass is 392 g/mol. The molecule has 148 valence electrons. The smallest absolute Gasteiger partial charge is 0.243 e. The molecule has 8 heteroatoms. The van der Waals surface area contributed by atoms with Gasteiger partial charge >= 0.3 is 0 Å². The molecule has 3 rings (SSSR count). The zero-order valence-electron chi connectivity index (χ0n) is 16.5. The van der Waals surface area contributed by atoms with Gasteiger partial charge in [-0.3, -0.25) is 4.90 Å². The van der Waals surface area contributed by atoms with Crippen molar-refractivity contribution in [1.82, 2.24) is 19.3 Å². The number of benzene rings is 1. The van der Waals surface area contributed by atoms with Crippen LogP contribution in [-0.4, -0.2) is 53.9 Å². The van der Waals surface area contributed by atoms with Crippen LogP contribution in [0.2, 0.25) is 0 Å². The van der Waals surface area contributed by atoms with E-state index >= 15 is 0 Å². The van der Waals surface area contributed by atoms with Gasteiger partial charge in [-0.2, -0.15) is 9.29 Å². The van der Waals surface area contributed by atoms with Crippen molar-refractivity contribution in [3.05, 3.63) is 41.0 Å². The third kappa shape index (κ3) is 4.75. The zero-order chi connectivity index (χ0) is 19.6. The van der Waals surface area contributed by atoms with Crippen LogP contribution in [0.25, 0.3) is 0 Å². The molecule has 0 saturated carbocycles. The highest BCUT2D eigenvalue weighted by molar-refractivity contribution is 7.89. The van der Waals surface area contributed by atoms with E-state index in [2.05, 4.69) is 28.9 Å². The van der Waals surface area contributed by atoms with Gasteiger partial charge < -0.3 is 4.52 Å². The summed E-state index contributed by atoms with van der Waals surface area (Å²) in [6.45, 7) is 10.8. The van der Waals surface area contributed by atoms with E-state index in [0.717, 1.165) is 17.5 Å². The number of aromatic nitrogens is 2. The van der Waals surface area contributed by atoms with Gasteiger partial charge in [-0.1, -0.05) is 36.7 Å². The van der Waals surface area contributed by atoms with E-state index in [9.17, 15) is 8.42 Å². The summed E-state index contributed by atoms with van der Waals surface area (Å²) in [6, 6.07) is 5.47. The third-order valence-corrected chi connectivity index (χ3v) is 6.80. The van der Waals surface area contributed by atoms with Crippen LogP contribution < -0.4 is 0 Å². The van der Waals surface area contributed by atoms with Crippen molar-refractivity contribution in [2.24, 2.45) is 5.92 Å². The minimum atomic E-state index is -3.46. The number of nitrogens with zero attached hydrogens (tertiary/aromatic N) is 4. The van der Waals surface area contributed by atoms with E-state index in [1.54, 1.807) is 10.4 Å². The molecule has 2 aromatic rings. The summed E-state index contributed by atoms with van der Waals surface area (Å²) in [5.41, 5.74) is 1.86. The van der Waals surface area contributed by atoms with Gasteiger partial charge in [0.25, 0.3) is 0 Å². The summed E-state index contributed by atoms with van der Waals surface area (Å²) in [7, 11) is -3.46. The van der Waals surface area contributed by atoms with E-state index in [0.29, 0.717) is 55.3 Å². The molecule has 0 bridgehead atoms. The van der Waals surface area contributed by atoms with E-state index < -0.39 is 10.0 Å². The maximum absolute atomic E-state index is 13.0. The molecule has 0 radical (unpaired) electrons. The number of sulfonamides is 1. The van der Waals surface area contributed by atoms with Gasteiger partial charge in [0.2, 0.25) is 15.9 Å². The Bertz CT molecular complexity index is 884. The normalized spacial score (nSPS) is 16.9. The van der Waals surface area contributed by atoms with Crippen LogP contribution in [0.15, 0.2) is 27.6 Å². The van der Waals surface area contributed by atoms with Crippen LogP contribution >= 0.6 is 0 Å². The van der Waals surface area contributed by atoms with Crippen molar-refractivity contribution in [2.75, 3.05) is 26.2 Å². The molecular weight excluding hydrogens is 364 g/mol. The average Bonchev–Trinajstić information content (AvgIpc) is 3.01. The van der Waals surface area contributed by atoms with Crippen LogP contribution in [-0.2, 0) is 23.0 Å². The Morgan fingerprint density at radius 1 is 1.15 bits per heavy atom. The number of aryl methyl sites for hydroxylation is 2. The highest BCUT2D eigenvalue weighted by Gasteiger charge is 2.30. The molecule has 27 heavy (non-hydrogen) atoms. The lowest BCUT2D eigenvalue weighted by Gasteiger charge is -2.33. The molecule has 0 unspecified atom stereocenters. The second-order valence-corrected chi connectivity index (χ2v) is 9.56. The van der Waals surface area contributed by atoms with Gasteiger partial charge in [0.15, 0.2) is 5.82 Å². The number of piperazine rings is 1. The summed E-state index contributed by atoms with van der Waals surface area (Å²) >= 11 is 0. The largest absolute Gasteiger partial charge is 0.339 e. The van der Waals surface area contributed by atoms with Gasteiger partial charge in [-0.05, 0) is 31.4 Å². The van der Waals surface area contributed by atoms with Crippen molar-refractivity contribution in [2.45, 2.75) is 45.6 Å². The molecule has 0 spiro atoms. The first-order valence-electron chi connectivity index (χ1n) is 9.37. The molecule has 1 saturated heterocycles. The summed E-state index contributed by atoms with van der Waals surface area (Å²) in [6.07, 6.45) is 0.773. The Kier molecular flexibility index (Phi) is 5.98. The fourth-order valence-electron chi connectivity index (χ4n) is 3.34. The topological polar surface area (TPSA) is 79.5 Å². The summed E-state index contributed by atoms with van der Waals surface area (Å²) < 4.78 is 32.8. The van der Waals surface area contributed by atoms with Crippen LogP contribution in [0, 0.1) is 19.8 Å². The zero-order valence-corrected chi connectivity index (χ0v) is 17.3. The summed E-state index contributed by atoms with van der Waals surface area (Å²) in [5.74, 6) is 1.80. The maximum atomic E-state index is 13.0. The Hall–Kier alpha value is -1.77. The van der Waals surface area contributed by atoms with Crippen LogP contribution in [0.5, 0.6) is 0 Å². The molecule has 0 atom stereocenters. The van der Waals surface area contributed by atoms with Crippen molar-refractivity contribution < 1.29 is 12.9 Å². The maximum Gasteiger partial charge on any atom is 0.243 e. The number of rotatable bonds is 6. The SMILES string of the molecule is Cc1ccc(S(=O)(=O)N2CCN(Cc3noc(CC(C)C)n3)CC2)c(C)c1. The van der Waals surface area contributed by atoms with Gasteiger partial charge in [-0.25, -0.2) is 8.42 Å². The third-order valence-electron chi connectivity index (χ3n) is 4.74. The number of hydrogen-bond acceptors (Lipinski definition) is 6. The molecule has 1 fully saturated rings. The fourth-order valence-corrected chi connectivity index (χ4v) is 4.97. The quantitative estimate of drug-likeness (QED) is 0.751. The van der Waals surface area contributed by atoms with Gasteiger partial charge in [0.05, 0.1) is 11.4 Å². The predicted octanol–water partition coefficient (Wildman–Crippen LogP) is 2.39. The second kappa shape index (κ2) is 8.08. The molecule has 1 aliphatic heterocycles. The van der Waals surface area contributed by atoms with Crippen molar-refractivity contribution >= 4 is 10.0 Å². The molecular formula is C19H28N4O3S. The standard InChI is InChI=1S/C19H28N4O3S/c1-14(2)11-19-20-18(21-26-19)13-22-7-9-23(10-8-22)27(24,25)17-6-5-15(3)12-16(17)4/h5-6,12,14H,7-11,13H2,1-4H3. The molecule has 0 amide bonds. The fraction of sp³-hybridized carbons (Fsp3) is 0.579. The molecule has 1 aliphatic rings. The van der Waals surface area contributed by atoms with Gasteiger partial charge in [0.1, 0.15) is 0 Å². The van der Waals surface area contributed by atoms with E-state index in [4.69, 9.17) is 4.52 Å². The lowest BCUT2D eigenvalue weighted by atomic mass is 10.1. The molecule has 1 aromatic carbocycles. The summed E-state index contributed by atoms with van der Waals surface area (Å²) in [5, 5.41) is 4.04. The lowest BCUT2D eigenvalue weighted by Crippen LogP contribution is -2.48. The first kappa shape index (κ1) is 20.0. The molecule has 0 N–H and O–H groups in total. The summed E-state index contributed by atoms with van der Waals surface area (Å²) in [4.78, 5) is 6.99. The Balaban J connectivity index is 1.60. The van der Waals surface area contributed by atoms with Crippen LogP contribution in [0.4, 0.5) is 0 Å². The van der Waals surface area contributed by atoms with Crippen molar-refractivity contribution in [3.63, 3.8) is 0 Å². The van der Waals surface area contributed by atoms with Gasteiger partial charge in [-0.15, -0.1) is 0 Å². The van der Waals surface area contributed by atoms with E-state index in [-0.39, 0.29) is 0 Å². The van der Waals surface area contributed by atoms with Crippen LogP contribution in [0.1, 0.15) is 36.7 Å². The Labute approximate surface area is 161 Å². The van der Waals surface area contributed by atoms with E-state index in [1.807, 2.05) is 26.0 Å². The molecule has 0 aliphatic carbocycles. The van der Waals surface area contributed by atoms with E-state index in [1.165, 1.54) is 0 Å².